The summed E-state index contributed by atoms with van der Waals surface area (Å²) in [4.78, 5) is 0. The summed E-state index contributed by atoms with van der Waals surface area (Å²) in [5.74, 6) is 0.698. The van der Waals surface area contributed by atoms with Crippen molar-refractivity contribution in [3.05, 3.63) is 65.5 Å². The van der Waals surface area contributed by atoms with E-state index in [1.165, 1.54) is 11.6 Å². The molecule has 0 N–H and O–H groups in total. The van der Waals surface area contributed by atoms with E-state index in [2.05, 4.69) is 6.07 Å². The highest BCUT2D eigenvalue weighted by atomic mass is 19.1. The van der Waals surface area contributed by atoms with Gasteiger partial charge in [-0.05, 0) is 30.5 Å². The Morgan fingerprint density at radius 2 is 1.76 bits per heavy atom. The SMILES string of the molecule is Fc1ccccc1C1CCc2ccccc2O1. The van der Waals surface area contributed by atoms with Crippen LogP contribution >= 0.6 is 0 Å². The largest absolute Gasteiger partial charge is 0.485 e. The minimum atomic E-state index is -0.183. The Balaban J connectivity index is 1.92. The third-order valence-corrected chi connectivity index (χ3v) is 3.17. The van der Waals surface area contributed by atoms with Crippen molar-refractivity contribution in [2.75, 3.05) is 0 Å². The van der Waals surface area contributed by atoms with Gasteiger partial charge in [-0.1, -0.05) is 36.4 Å². The molecule has 1 aliphatic heterocycles. The van der Waals surface area contributed by atoms with Gasteiger partial charge in [0.1, 0.15) is 17.7 Å². The van der Waals surface area contributed by atoms with Crippen molar-refractivity contribution in [1.29, 1.82) is 0 Å². The molecule has 0 saturated carbocycles. The van der Waals surface area contributed by atoms with Gasteiger partial charge < -0.3 is 4.74 Å². The molecule has 2 aromatic carbocycles. The van der Waals surface area contributed by atoms with Gasteiger partial charge in [0.2, 0.25) is 0 Å². The molecule has 0 bridgehead atoms. The van der Waals surface area contributed by atoms with Gasteiger partial charge in [0.15, 0.2) is 0 Å². The number of halogens is 1. The summed E-state index contributed by atoms with van der Waals surface area (Å²) < 4.78 is 19.5. The Hall–Kier alpha value is -1.83. The van der Waals surface area contributed by atoms with E-state index in [9.17, 15) is 4.39 Å². The van der Waals surface area contributed by atoms with E-state index in [1.54, 1.807) is 12.1 Å². The molecule has 0 radical (unpaired) electrons. The van der Waals surface area contributed by atoms with Crippen molar-refractivity contribution in [3.8, 4) is 5.75 Å². The summed E-state index contributed by atoms with van der Waals surface area (Å²) >= 11 is 0. The molecule has 17 heavy (non-hydrogen) atoms. The highest BCUT2D eigenvalue weighted by Crippen LogP contribution is 2.35. The predicted molar refractivity (Wildman–Crippen MR) is 64.5 cm³/mol. The quantitative estimate of drug-likeness (QED) is 0.719. The van der Waals surface area contributed by atoms with Gasteiger partial charge in [-0.3, -0.25) is 0 Å². The zero-order chi connectivity index (χ0) is 11.7. The van der Waals surface area contributed by atoms with Gasteiger partial charge in [0.25, 0.3) is 0 Å². The fourth-order valence-electron chi connectivity index (χ4n) is 2.28. The van der Waals surface area contributed by atoms with Crippen LogP contribution in [0.15, 0.2) is 48.5 Å². The number of hydrogen-bond acceptors (Lipinski definition) is 1. The Bertz CT molecular complexity index is 536. The second-order valence-electron chi connectivity index (χ2n) is 4.27. The van der Waals surface area contributed by atoms with Crippen molar-refractivity contribution in [1.82, 2.24) is 0 Å². The Morgan fingerprint density at radius 3 is 2.65 bits per heavy atom. The maximum absolute atomic E-state index is 13.7. The van der Waals surface area contributed by atoms with E-state index < -0.39 is 0 Å². The van der Waals surface area contributed by atoms with Crippen molar-refractivity contribution >= 4 is 0 Å². The van der Waals surface area contributed by atoms with Crippen LogP contribution in [0.25, 0.3) is 0 Å². The van der Waals surface area contributed by atoms with Crippen molar-refractivity contribution in [3.63, 3.8) is 0 Å². The number of para-hydroxylation sites is 1. The van der Waals surface area contributed by atoms with Crippen LogP contribution in [0.5, 0.6) is 5.75 Å². The van der Waals surface area contributed by atoms with Crippen LogP contribution in [0.4, 0.5) is 4.39 Å². The molecule has 1 heterocycles. The number of ether oxygens (including phenoxy) is 1. The number of fused-ring (bicyclic) bond motifs is 1. The van der Waals surface area contributed by atoms with Crippen LogP contribution in [0.2, 0.25) is 0 Å². The minimum Gasteiger partial charge on any atom is -0.485 e. The van der Waals surface area contributed by atoms with Gasteiger partial charge >= 0.3 is 0 Å². The third kappa shape index (κ3) is 1.91. The lowest BCUT2D eigenvalue weighted by molar-refractivity contribution is 0.172. The first-order valence-electron chi connectivity index (χ1n) is 5.83. The van der Waals surface area contributed by atoms with Crippen LogP contribution < -0.4 is 4.74 Å². The van der Waals surface area contributed by atoms with E-state index in [0.29, 0.717) is 5.56 Å². The summed E-state index contributed by atoms with van der Waals surface area (Å²) in [6.45, 7) is 0. The second kappa shape index (κ2) is 4.21. The predicted octanol–water partition coefficient (Wildman–Crippen LogP) is 3.89. The van der Waals surface area contributed by atoms with Crippen LogP contribution in [-0.4, -0.2) is 0 Å². The molecule has 0 fully saturated rings. The summed E-state index contributed by atoms with van der Waals surface area (Å²) in [5.41, 5.74) is 1.86. The highest BCUT2D eigenvalue weighted by molar-refractivity contribution is 5.36. The van der Waals surface area contributed by atoms with Crippen LogP contribution in [0, 0.1) is 5.82 Å². The van der Waals surface area contributed by atoms with Gasteiger partial charge in [0, 0.05) is 5.56 Å². The molecule has 0 aliphatic carbocycles. The van der Waals surface area contributed by atoms with Crippen LogP contribution in [0.1, 0.15) is 23.7 Å². The number of rotatable bonds is 1. The zero-order valence-electron chi connectivity index (χ0n) is 9.40. The molecule has 86 valence electrons. The number of aryl methyl sites for hydroxylation is 1. The van der Waals surface area contributed by atoms with Crippen molar-refractivity contribution < 1.29 is 9.13 Å². The molecule has 2 aromatic rings. The molecule has 1 aliphatic rings. The molecule has 0 amide bonds. The van der Waals surface area contributed by atoms with E-state index >= 15 is 0 Å². The summed E-state index contributed by atoms with van der Waals surface area (Å²) in [6, 6.07) is 14.8. The average Bonchev–Trinajstić information content (AvgIpc) is 2.39. The molecule has 0 saturated heterocycles. The Morgan fingerprint density at radius 1 is 1.00 bits per heavy atom. The minimum absolute atomic E-state index is 0.161. The van der Waals surface area contributed by atoms with E-state index in [0.717, 1.165) is 18.6 Å². The van der Waals surface area contributed by atoms with Crippen molar-refractivity contribution in [2.45, 2.75) is 18.9 Å². The lowest BCUT2D eigenvalue weighted by atomic mass is 9.97. The normalized spacial score (nSPS) is 18.3. The standard InChI is InChI=1S/C15H13FO/c16-13-7-3-2-6-12(13)15-10-9-11-5-1-4-8-14(11)17-15/h1-8,15H,9-10H2. The van der Waals surface area contributed by atoms with E-state index in [4.69, 9.17) is 4.74 Å². The lowest BCUT2D eigenvalue weighted by Gasteiger charge is -2.26. The lowest BCUT2D eigenvalue weighted by Crippen LogP contribution is -2.16. The molecule has 1 nitrogen and oxygen atoms in total. The first kappa shape index (κ1) is 10.3. The third-order valence-electron chi connectivity index (χ3n) is 3.17. The molecule has 0 spiro atoms. The fourth-order valence-corrected chi connectivity index (χ4v) is 2.28. The molecular formula is C15H13FO. The topological polar surface area (TPSA) is 9.23 Å². The summed E-state index contributed by atoms with van der Waals surface area (Å²) in [6.07, 6.45) is 1.61. The van der Waals surface area contributed by atoms with Crippen molar-refractivity contribution in [2.24, 2.45) is 0 Å². The van der Waals surface area contributed by atoms with E-state index in [1.807, 2.05) is 24.3 Å². The highest BCUT2D eigenvalue weighted by Gasteiger charge is 2.22. The zero-order valence-corrected chi connectivity index (χ0v) is 9.40. The van der Waals surface area contributed by atoms with Crippen LogP contribution in [-0.2, 0) is 6.42 Å². The monoisotopic (exact) mass is 228 g/mol. The Kier molecular flexibility index (Phi) is 2.56. The summed E-state index contributed by atoms with van der Waals surface area (Å²) in [5, 5.41) is 0. The van der Waals surface area contributed by atoms with E-state index in [-0.39, 0.29) is 11.9 Å². The smallest absolute Gasteiger partial charge is 0.130 e. The molecular weight excluding hydrogens is 215 g/mol. The average molecular weight is 228 g/mol. The maximum Gasteiger partial charge on any atom is 0.130 e. The van der Waals surface area contributed by atoms with Gasteiger partial charge in [-0.15, -0.1) is 0 Å². The number of hydrogen-bond donors (Lipinski definition) is 0. The van der Waals surface area contributed by atoms with Gasteiger partial charge in [-0.25, -0.2) is 4.39 Å². The maximum atomic E-state index is 13.7. The van der Waals surface area contributed by atoms with Gasteiger partial charge in [-0.2, -0.15) is 0 Å². The molecule has 0 aromatic heterocycles. The first-order chi connectivity index (χ1) is 8.34. The molecule has 2 heteroatoms. The van der Waals surface area contributed by atoms with Crippen LogP contribution in [0.3, 0.4) is 0 Å². The van der Waals surface area contributed by atoms with Gasteiger partial charge in [0.05, 0.1) is 0 Å². The molecule has 1 unspecified atom stereocenters. The fraction of sp³-hybridized carbons (Fsp3) is 0.200. The first-order valence-corrected chi connectivity index (χ1v) is 5.83. The second-order valence-corrected chi connectivity index (χ2v) is 4.27. The summed E-state index contributed by atoms with van der Waals surface area (Å²) in [7, 11) is 0. The number of benzene rings is 2. The molecule has 3 rings (SSSR count). The Labute approximate surface area is 99.9 Å². The molecule has 1 atom stereocenters.